The topological polar surface area (TPSA) is 96.1 Å². The first kappa shape index (κ1) is 20.4. The second kappa shape index (κ2) is 8.20. The summed E-state index contributed by atoms with van der Waals surface area (Å²) < 4.78 is 19.1. The van der Waals surface area contributed by atoms with Crippen LogP contribution in [0.25, 0.3) is 0 Å². The molecule has 8 heteroatoms. The third-order valence-corrected chi connectivity index (χ3v) is 3.35. The Hall–Kier alpha value is -2.90. The summed E-state index contributed by atoms with van der Waals surface area (Å²) in [4.78, 5) is 24.1. The highest BCUT2D eigenvalue weighted by Crippen LogP contribution is 2.21. The molecule has 1 aromatic carbocycles. The first-order valence-corrected chi connectivity index (χ1v) is 8.68. The Morgan fingerprint density at radius 2 is 1.93 bits per heavy atom. The molecule has 1 aromatic heterocycles. The average molecular weight is 376 g/mol. The van der Waals surface area contributed by atoms with E-state index in [1.54, 1.807) is 26.8 Å². The molecule has 3 N–H and O–H groups in total. The maximum absolute atomic E-state index is 13.9. The van der Waals surface area contributed by atoms with Crippen molar-refractivity contribution in [1.82, 2.24) is 10.2 Å². The number of benzene rings is 1. The van der Waals surface area contributed by atoms with Gasteiger partial charge in [-0.15, -0.1) is 0 Å². The maximum Gasteiger partial charge on any atom is 0.412 e. The lowest BCUT2D eigenvalue weighted by Crippen LogP contribution is -2.27. The van der Waals surface area contributed by atoms with Crippen LogP contribution < -0.4 is 10.6 Å². The predicted molar refractivity (Wildman–Crippen MR) is 101 cm³/mol. The van der Waals surface area contributed by atoms with E-state index in [0.29, 0.717) is 11.6 Å². The first-order valence-electron chi connectivity index (χ1n) is 8.68. The lowest BCUT2D eigenvalue weighted by atomic mass is 10.1. The van der Waals surface area contributed by atoms with E-state index in [-0.39, 0.29) is 11.4 Å². The molecule has 146 valence electrons. The average Bonchev–Trinajstić information content (AvgIpc) is 2.96. The molecule has 0 fully saturated rings. The molecule has 2 rings (SSSR count). The standard InChI is InChI=1S/C19H25FN4O3/c1-11(2)8-13-10-16(24-23-13)17(25)21-12-6-7-14(20)15(9-12)22-18(26)27-19(3,4)5/h6-7,9-11H,8H2,1-5H3,(H,21,25)(H,22,26)(H,23,24). The Labute approximate surface area is 157 Å². The normalized spacial score (nSPS) is 11.4. The van der Waals surface area contributed by atoms with E-state index < -0.39 is 23.4 Å². The summed E-state index contributed by atoms with van der Waals surface area (Å²) in [5, 5.41) is 11.8. The van der Waals surface area contributed by atoms with Crippen LogP contribution in [0, 0.1) is 11.7 Å². The van der Waals surface area contributed by atoms with Gasteiger partial charge >= 0.3 is 6.09 Å². The lowest BCUT2D eigenvalue weighted by Gasteiger charge is -2.20. The number of aromatic nitrogens is 2. The van der Waals surface area contributed by atoms with Crippen molar-refractivity contribution in [2.75, 3.05) is 10.6 Å². The number of carbonyl (C=O) groups excluding carboxylic acids is 2. The maximum atomic E-state index is 13.9. The van der Waals surface area contributed by atoms with Crippen molar-refractivity contribution in [2.45, 2.75) is 46.6 Å². The van der Waals surface area contributed by atoms with Gasteiger partial charge < -0.3 is 10.1 Å². The molecule has 27 heavy (non-hydrogen) atoms. The van der Waals surface area contributed by atoms with E-state index in [9.17, 15) is 14.0 Å². The highest BCUT2D eigenvalue weighted by molar-refractivity contribution is 6.03. The van der Waals surface area contributed by atoms with Crippen LogP contribution in [0.5, 0.6) is 0 Å². The number of anilines is 2. The summed E-state index contributed by atoms with van der Waals surface area (Å²) in [6.45, 7) is 9.25. The van der Waals surface area contributed by atoms with Crippen LogP contribution in [0.2, 0.25) is 0 Å². The Kier molecular flexibility index (Phi) is 6.20. The van der Waals surface area contributed by atoms with Crippen molar-refractivity contribution in [3.63, 3.8) is 0 Å². The highest BCUT2D eigenvalue weighted by atomic mass is 19.1. The molecule has 2 amide bonds. The minimum atomic E-state index is -0.782. The fourth-order valence-corrected chi connectivity index (χ4v) is 2.33. The van der Waals surface area contributed by atoms with Gasteiger partial charge in [-0.3, -0.25) is 15.2 Å². The zero-order chi connectivity index (χ0) is 20.2. The van der Waals surface area contributed by atoms with Gasteiger partial charge in [0.15, 0.2) is 5.69 Å². The van der Waals surface area contributed by atoms with E-state index in [1.165, 1.54) is 12.1 Å². The molecule has 0 atom stereocenters. The molecule has 0 spiro atoms. The van der Waals surface area contributed by atoms with Gasteiger partial charge in [-0.25, -0.2) is 9.18 Å². The molecule has 1 heterocycles. The lowest BCUT2D eigenvalue weighted by molar-refractivity contribution is 0.0635. The van der Waals surface area contributed by atoms with Gasteiger partial charge in [-0.2, -0.15) is 5.10 Å². The third kappa shape index (κ3) is 6.40. The molecule has 0 aliphatic heterocycles. The summed E-state index contributed by atoms with van der Waals surface area (Å²) in [5.74, 6) is -0.645. The van der Waals surface area contributed by atoms with Crippen molar-refractivity contribution < 1.29 is 18.7 Å². The molecule has 7 nitrogen and oxygen atoms in total. The van der Waals surface area contributed by atoms with Gasteiger partial charge in [-0.1, -0.05) is 13.8 Å². The number of nitrogens with one attached hydrogen (secondary N) is 3. The van der Waals surface area contributed by atoms with Crippen LogP contribution >= 0.6 is 0 Å². The van der Waals surface area contributed by atoms with Crippen LogP contribution in [0.15, 0.2) is 24.3 Å². The quantitative estimate of drug-likeness (QED) is 0.723. The minimum Gasteiger partial charge on any atom is -0.444 e. The number of ether oxygens (including phenoxy) is 1. The van der Waals surface area contributed by atoms with Gasteiger partial charge in [0.2, 0.25) is 0 Å². The fourth-order valence-electron chi connectivity index (χ4n) is 2.33. The van der Waals surface area contributed by atoms with Crippen molar-refractivity contribution in [3.8, 4) is 0 Å². The Bertz CT molecular complexity index is 825. The summed E-state index contributed by atoms with van der Waals surface area (Å²) in [6.07, 6.45) is -0.00338. The molecular weight excluding hydrogens is 351 g/mol. The molecule has 0 aliphatic carbocycles. The summed E-state index contributed by atoms with van der Waals surface area (Å²) in [5.41, 5.74) is 0.614. The van der Waals surface area contributed by atoms with E-state index in [4.69, 9.17) is 4.74 Å². The van der Waals surface area contributed by atoms with Crippen molar-refractivity contribution in [2.24, 2.45) is 5.92 Å². The molecule has 0 unspecified atom stereocenters. The highest BCUT2D eigenvalue weighted by Gasteiger charge is 2.18. The SMILES string of the molecule is CC(C)Cc1cc(C(=O)Nc2ccc(F)c(NC(=O)OC(C)(C)C)c2)n[nH]1. The summed E-state index contributed by atoms with van der Waals surface area (Å²) in [7, 11) is 0. The van der Waals surface area contributed by atoms with Crippen molar-refractivity contribution >= 4 is 23.4 Å². The minimum absolute atomic E-state index is 0.0930. The molecule has 0 bridgehead atoms. The monoisotopic (exact) mass is 376 g/mol. The van der Waals surface area contributed by atoms with Gasteiger partial charge in [0.25, 0.3) is 5.91 Å². The van der Waals surface area contributed by atoms with Crippen LogP contribution in [0.1, 0.15) is 50.8 Å². The fraction of sp³-hybridized carbons (Fsp3) is 0.421. The number of nitrogens with zero attached hydrogens (tertiary/aromatic N) is 1. The van der Waals surface area contributed by atoms with Gasteiger partial charge in [0.05, 0.1) is 5.69 Å². The molecule has 0 saturated heterocycles. The number of carbonyl (C=O) groups is 2. The Morgan fingerprint density at radius 1 is 1.22 bits per heavy atom. The smallest absolute Gasteiger partial charge is 0.412 e. The number of aromatic amines is 1. The van der Waals surface area contributed by atoms with Crippen molar-refractivity contribution in [3.05, 3.63) is 41.5 Å². The largest absolute Gasteiger partial charge is 0.444 e. The second-order valence-corrected chi connectivity index (χ2v) is 7.65. The number of H-pyrrole nitrogens is 1. The van der Waals surface area contributed by atoms with Crippen LogP contribution in [-0.2, 0) is 11.2 Å². The van der Waals surface area contributed by atoms with Crippen molar-refractivity contribution in [1.29, 1.82) is 0 Å². The Balaban J connectivity index is 2.07. The van der Waals surface area contributed by atoms with Crippen LogP contribution in [0.4, 0.5) is 20.6 Å². The van der Waals surface area contributed by atoms with Gasteiger partial charge in [-0.05, 0) is 57.4 Å². The zero-order valence-electron chi connectivity index (χ0n) is 16.1. The molecule has 2 aromatic rings. The van der Waals surface area contributed by atoms with Gasteiger partial charge in [0, 0.05) is 11.4 Å². The van der Waals surface area contributed by atoms with E-state index in [0.717, 1.165) is 18.2 Å². The molecule has 0 aliphatic rings. The number of rotatable bonds is 5. The van der Waals surface area contributed by atoms with Crippen LogP contribution in [0.3, 0.4) is 0 Å². The zero-order valence-corrected chi connectivity index (χ0v) is 16.1. The molecule has 0 radical (unpaired) electrons. The number of amides is 2. The predicted octanol–water partition coefficient (Wildman–Crippen LogP) is 4.35. The number of halogens is 1. The molecular formula is C19H25FN4O3. The van der Waals surface area contributed by atoms with Crippen LogP contribution in [-0.4, -0.2) is 27.8 Å². The summed E-state index contributed by atoms with van der Waals surface area (Å²) in [6, 6.07) is 5.55. The van der Waals surface area contributed by atoms with E-state index >= 15 is 0 Å². The summed E-state index contributed by atoms with van der Waals surface area (Å²) >= 11 is 0. The Morgan fingerprint density at radius 3 is 2.56 bits per heavy atom. The van der Waals surface area contributed by atoms with E-state index in [1.807, 2.05) is 0 Å². The number of hydrogen-bond acceptors (Lipinski definition) is 4. The van der Waals surface area contributed by atoms with Gasteiger partial charge in [0.1, 0.15) is 11.4 Å². The third-order valence-electron chi connectivity index (χ3n) is 3.35. The first-order chi connectivity index (χ1) is 12.5. The number of hydrogen-bond donors (Lipinski definition) is 3. The molecule has 0 saturated carbocycles. The second-order valence-electron chi connectivity index (χ2n) is 7.65. The van der Waals surface area contributed by atoms with E-state index in [2.05, 4.69) is 34.7 Å².